The van der Waals surface area contributed by atoms with E-state index in [9.17, 15) is 9.59 Å². The number of carboxylic acid groups (broad SMARTS) is 1. The summed E-state index contributed by atoms with van der Waals surface area (Å²) in [6.07, 6.45) is 5.62. The molecule has 2 aliphatic rings. The molecule has 2 rings (SSSR count). The number of hydrogen-bond donors (Lipinski definition) is 2. The third kappa shape index (κ3) is 2.70. The average Bonchev–Trinajstić information content (AvgIpc) is 2.83. The van der Waals surface area contributed by atoms with Crippen LogP contribution in [0.2, 0.25) is 0 Å². The second kappa shape index (κ2) is 3.83. The van der Waals surface area contributed by atoms with Gasteiger partial charge in [0.2, 0.25) is 5.91 Å². The van der Waals surface area contributed by atoms with Crippen molar-refractivity contribution in [2.45, 2.75) is 50.5 Å². The predicted molar refractivity (Wildman–Crippen MR) is 54.3 cm³/mol. The highest BCUT2D eigenvalue weighted by molar-refractivity contribution is 5.79. The van der Waals surface area contributed by atoms with Crippen LogP contribution >= 0.6 is 0 Å². The summed E-state index contributed by atoms with van der Waals surface area (Å²) in [7, 11) is 0. The van der Waals surface area contributed by atoms with Crippen molar-refractivity contribution in [2.75, 3.05) is 0 Å². The Kier molecular flexibility index (Phi) is 2.67. The first kappa shape index (κ1) is 10.5. The molecule has 4 nitrogen and oxygen atoms in total. The molecule has 0 heterocycles. The van der Waals surface area contributed by atoms with Crippen LogP contribution in [0.15, 0.2) is 0 Å². The number of amides is 1. The Hall–Kier alpha value is -1.06. The molecule has 2 aliphatic carbocycles. The molecular weight excluding hydrogens is 194 g/mol. The average molecular weight is 211 g/mol. The molecule has 0 aromatic rings. The quantitative estimate of drug-likeness (QED) is 0.720. The first-order valence-corrected chi connectivity index (χ1v) is 5.62. The van der Waals surface area contributed by atoms with Crippen LogP contribution in [0, 0.1) is 5.92 Å². The van der Waals surface area contributed by atoms with Crippen LogP contribution in [-0.2, 0) is 9.59 Å². The standard InChI is InChI=1S/C11H17NO3/c13-9(6-8-2-3-8)12-11(4-1-5-11)7-10(14)15/h8H,1-7H2,(H,12,13)(H,14,15). The van der Waals surface area contributed by atoms with Crippen molar-refractivity contribution in [3.05, 3.63) is 0 Å². The lowest BCUT2D eigenvalue weighted by atomic mass is 9.74. The van der Waals surface area contributed by atoms with Gasteiger partial charge in [0.1, 0.15) is 0 Å². The highest BCUT2D eigenvalue weighted by Crippen LogP contribution is 2.36. The summed E-state index contributed by atoms with van der Waals surface area (Å²) in [5, 5.41) is 11.7. The largest absolute Gasteiger partial charge is 0.481 e. The van der Waals surface area contributed by atoms with Gasteiger partial charge in [0.25, 0.3) is 0 Å². The molecule has 0 atom stereocenters. The second-order valence-corrected chi connectivity index (χ2v) is 4.90. The number of rotatable bonds is 5. The van der Waals surface area contributed by atoms with Gasteiger partial charge in [-0.2, -0.15) is 0 Å². The summed E-state index contributed by atoms with van der Waals surface area (Å²) >= 11 is 0. The predicted octanol–water partition coefficient (Wildman–Crippen LogP) is 1.30. The van der Waals surface area contributed by atoms with Crippen LogP contribution in [0.4, 0.5) is 0 Å². The normalized spacial score (nSPS) is 22.9. The van der Waals surface area contributed by atoms with Gasteiger partial charge in [-0.05, 0) is 38.0 Å². The van der Waals surface area contributed by atoms with E-state index in [-0.39, 0.29) is 12.3 Å². The Labute approximate surface area is 89.0 Å². The zero-order chi connectivity index (χ0) is 10.9. The van der Waals surface area contributed by atoms with E-state index in [1.54, 1.807) is 0 Å². The highest BCUT2D eigenvalue weighted by atomic mass is 16.4. The fourth-order valence-electron chi connectivity index (χ4n) is 2.17. The fraction of sp³-hybridized carbons (Fsp3) is 0.818. The van der Waals surface area contributed by atoms with Crippen molar-refractivity contribution in [1.29, 1.82) is 0 Å². The summed E-state index contributed by atoms with van der Waals surface area (Å²) in [4.78, 5) is 22.3. The second-order valence-electron chi connectivity index (χ2n) is 4.90. The van der Waals surface area contributed by atoms with E-state index in [2.05, 4.69) is 5.32 Å². The van der Waals surface area contributed by atoms with Crippen molar-refractivity contribution in [3.8, 4) is 0 Å². The first-order valence-electron chi connectivity index (χ1n) is 5.62. The lowest BCUT2D eigenvalue weighted by molar-refractivity contribution is -0.140. The third-order valence-corrected chi connectivity index (χ3v) is 3.38. The molecule has 0 aromatic carbocycles. The molecule has 2 N–H and O–H groups in total. The van der Waals surface area contributed by atoms with Gasteiger partial charge in [0, 0.05) is 6.42 Å². The van der Waals surface area contributed by atoms with Crippen LogP contribution < -0.4 is 5.32 Å². The number of carbonyl (C=O) groups excluding carboxylic acids is 1. The smallest absolute Gasteiger partial charge is 0.305 e. The van der Waals surface area contributed by atoms with Crippen LogP contribution in [0.1, 0.15) is 44.9 Å². The molecule has 1 amide bonds. The maximum absolute atomic E-state index is 11.6. The van der Waals surface area contributed by atoms with E-state index in [4.69, 9.17) is 5.11 Å². The monoisotopic (exact) mass is 211 g/mol. The van der Waals surface area contributed by atoms with Crippen molar-refractivity contribution in [3.63, 3.8) is 0 Å². The van der Waals surface area contributed by atoms with E-state index in [0.29, 0.717) is 12.3 Å². The van der Waals surface area contributed by atoms with Gasteiger partial charge < -0.3 is 10.4 Å². The Morgan fingerprint density at radius 2 is 2.00 bits per heavy atom. The van der Waals surface area contributed by atoms with Gasteiger partial charge in [-0.3, -0.25) is 9.59 Å². The zero-order valence-electron chi connectivity index (χ0n) is 8.79. The van der Waals surface area contributed by atoms with Gasteiger partial charge in [-0.15, -0.1) is 0 Å². The Balaban J connectivity index is 1.83. The molecule has 2 saturated carbocycles. The number of aliphatic carboxylic acids is 1. The first-order chi connectivity index (χ1) is 7.10. The molecule has 84 valence electrons. The van der Waals surface area contributed by atoms with Crippen LogP contribution in [-0.4, -0.2) is 22.5 Å². The van der Waals surface area contributed by atoms with E-state index in [1.165, 1.54) is 0 Å². The zero-order valence-corrected chi connectivity index (χ0v) is 8.79. The number of carboxylic acids is 1. The summed E-state index contributed by atoms with van der Waals surface area (Å²) in [6, 6.07) is 0. The van der Waals surface area contributed by atoms with Crippen molar-refractivity contribution >= 4 is 11.9 Å². The molecule has 0 aromatic heterocycles. The molecule has 4 heteroatoms. The maximum atomic E-state index is 11.6. The SMILES string of the molecule is O=C(O)CC1(NC(=O)CC2CC2)CCC1. The summed E-state index contributed by atoms with van der Waals surface area (Å²) in [6.45, 7) is 0. The van der Waals surface area contributed by atoms with E-state index in [1.807, 2.05) is 0 Å². The van der Waals surface area contributed by atoms with Crippen LogP contribution in [0.5, 0.6) is 0 Å². The molecule has 0 saturated heterocycles. The minimum Gasteiger partial charge on any atom is -0.481 e. The minimum atomic E-state index is -0.818. The van der Waals surface area contributed by atoms with E-state index >= 15 is 0 Å². The molecule has 0 radical (unpaired) electrons. The highest BCUT2D eigenvalue weighted by Gasteiger charge is 2.40. The topological polar surface area (TPSA) is 66.4 Å². The molecule has 2 fully saturated rings. The molecule has 15 heavy (non-hydrogen) atoms. The van der Waals surface area contributed by atoms with Crippen LogP contribution in [0.25, 0.3) is 0 Å². The van der Waals surface area contributed by atoms with Gasteiger partial charge in [-0.1, -0.05) is 0 Å². The van der Waals surface area contributed by atoms with E-state index < -0.39 is 11.5 Å². The van der Waals surface area contributed by atoms with Crippen molar-refractivity contribution in [1.82, 2.24) is 5.32 Å². The van der Waals surface area contributed by atoms with Crippen molar-refractivity contribution in [2.24, 2.45) is 5.92 Å². The summed E-state index contributed by atoms with van der Waals surface area (Å²) < 4.78 is 0. The number of nitrogens with one attached hydrogen (secondary N) is 1. The van der Waals surface area contributed by atoms with Crippen LogP contribution in [0.3, 0.4) is 0 Å². The van der Waals surface area contributed by atoms with Gasteiger partial charge in [0.15, 0.2) is 0 Å². The van der Waals surface area contributed by atoms with Gasteiger partial charge >= 0.3 is 5.97 Å². The maximum Gasteiger partial charge on any atom is 0.305 e. The fourth-order valence-corrected chi connectivity index (χ4v) is 2.17. The van der Waals surface area contributed by atoms with Gasteiger partial charge in [0.05, 0.1) is 12.0 Å². The molecular formula is C11H17NO3. The number of hydrogen-bond acceptors (Lipinski definition) is 2. The summed E-state index contributed by atoms with van der Waals surface area (Å²) in [5.74, 6) is -0.216. The molecule has 0 spiro atoms. The lowest BCUT2D eigenvalue weighted by Gasteiger charge is -2.41. The Bertz CT molecular complexity index is 280. The number of carbonyl (C=O) groups is 2. The van der Waals surface area contributed by atoms with Crippen molar-refractivity contribution < 1.29 is 14.7 Å². The molecule has 0 bridgehead atoms. The lowest BCUT2D eigenvalue weighted by Crippen LogP contribution is -2.54. The Morgan fingerprint density at radius 1 is 1.33 bits per heavy atom. The summed E-state index contributed by atoms with van der Waals surface area (Å²) in [5.41, 5.74) is -0.419. The molecule has 0 aliphatic heterocycles. The van der Waals surface area contributed by atoms with Gasteiger partial charge in [-0.25, -0.2) is 0 Å². The third-order valence-electron chi connectivity index (χ3n) is 3.38. The minimum absolute atomic E-state index is 0.0402. The molecule has 0 unspecified atom stereocenters. The Morgan fingerprint density at radius 3 is 2.40 bits per heavy atom. The van der Waals surface area contributed by atoms with E-state index in [0.717, 1.165) is 32.1 Å².